The predicted octanol–water partition coefficient (Wildman–Crippen LogP) is 2.19. The van der Waals surface area contributed by atoms with E-state index in [9.17, 15) is 14.7 Å². The molecule has 0 bridgehead atoms. The van der Waals surface area contributed by atoms with E-state index in [1.807, 2.05) is 54.6 Å². The van der Waals surface area contributed by atoms with Gasteiger partial charge in [-0.15, -0.1) is 0 Å². The van der Waals surface area contributed by atoms with Crippen molar-refractivity contribution in [3.8, 4) is 29.7 Å². The molecule has 1 unspecified atom stereocenters. The van der Waals surface area contributed by atoms with Crippen molar-refractivity contribution in [2.24, 2.45) is 5.92 Å². The van der Waals surface area contributed by atoms with E-state index in [1.165, 1.54) is 5.56 Å². The van der Waals surface area contributed by atoms with E-state index in [1.54, 1.807) is 0 Å². The maximum absolute atomic E-state index is 12.8. The maximum Gasteiger partial charge on any atom is 0.293 e. The molecular formula is C29H26N6O3. The number of likely N-dealkylation sites (tertiary alicyclic amines) is 1. The van der Waals surface area contributed by atoms with Gasteiger partial charge in [0.25, 0.3) is 5.56 Å². The first-order valence-corrected chi connectivity index (χ1v) is 12.2. The van der Waals surface area contributed by atoms with Crippen molar-refractivity contribution in [3.63, 3.8) is 0 Å². The van der Waals surface area contributed by atoms with Crippen LogP contribution in [0.4, 0.5) is 0 Å². The fourth-order valence-corrected chi connectivity index (χ4v) is 4.18. The van der Waals surface area contributed by atoms with Crippen LogP contribution in [0.25, 0.3) is 0 Å². The van der Waals surface area contributed by atoms with E-state index in [-0.39, 0.29) is 31.0 Å². The van der Waals surface area contributed by atoms with Crippen LogP contribution >= 0.6 is 0 Å². The van der Waals surface area contributed by atoms with Gasteiger partial charge in [0, 0.05) is 37.3 Å². The molecule has 0 aliphatic carbocycles. The molecule has 2 aromatic carbocycles. The first-order valence-electron chi connectivity index (χ1n) is 12.2. The average molecular weight is 507 g/mol. The van der Waals surface area contributed by atoms with Crippen LogP contribution in [0.3, 0.4) is 0 Å². The predicted molar refractivity (Wildman–Crippen MR) is 139 cm³/mol. The van der Waals surface area contributed by atoms with Crippen LogP contribution in [0.1, 0.15) is 40.3 Å². The topological polar surface area (TPSA) is 146 Å². The van der Waals surface area contributed by atoms with Gasteiger partial charge in [0.1, 0.15) is 5.69 Å². The summed E-state index contributed by atoms with van der Waals surface area (Å²) in [5, 5.41) is 30.5. The number of H-pyrrole nitrogens is 1. The Morgan fingerprint density at radius 2 is 1.71 bits per heavy atom. The Balaban J connectivity index is 1.42. The van der Waals surface area contributed by atoms with Gasteiger partial charge in [-0.05, 0) is 41.8 Å². The van der Waals surface area contributed by atoms with Gasteiger partial charge < -0.3 is 15.4 Å². The van der Waals surface area contributed by atoms with E-state index in [2.05, 4.69) is 38.1 Å². The molecule has 1 aliphatic heterocycles. The van der Waals surface area contributed by atoms with Crippen molar-refractivity contribution in [2.75, 3.05) is 19.6 Å². The SMILES string of the molecule is N#CCCNC(=O)C(Cc1ccc(C#Cc2ccc(CN3CC(C#N)C3)cc2)cc1)c1nc[nH]c(=O)c1O. The second-order valence-electron chi connectivity index (χ2n) is 9.09. The van der Waals surface area contributed by atoms with Crippen LogP contribution in [0.2, 0.25) is 0 Å². The summed E-state index contributed by atoms with van der Waals surface area (Å²) >= 11 is 0. The second kappa shape index (κ2) is 12.4. The monoisotopic (exact) mass is 506 g/mol. The molecule has 1 amide bonds. The molecular weight excluding hydrogens is 480 g/mol. The van der Waals surface area contributed by atoms with Gasteiger partial charge >= 0.3 is 0 Å². The lowest BCUT2D eigenvalue weighted by atomic mass is 9.94. The molecule has 9 heteroatoms. The Morgan fingerprint density at radius 1 is 1.08 bits per heavy atom. The smallest absolute Gasteiger partial charge is 0.293 e. The van der Waals surface area contributed by atoms with Crippen molar-refractivity contribution in [1.82, 2.24) is 20.2 Å². The third-order valence-electron chi connectivity index (χ3n) is 6.28. The number of nitrogens with one attached hydrogen (secondary N) is 2. The average Bonchev–Trinajstić information content (AvgIpc) is 2.91. The number of rotatable bonds is 8. The Kier molecular flexibility index (Phi) is 8.51. The van der Waals surface area contributed by atoms with Gasteiger partial charge in [-0.2, -0.15) is 10.5 Å². The fourth-order valence-electron chi connectivity index (χ4n) is 4.18. The third-order valence-corrected chi connectivity index (χ3v) is 6.28. The number of carbonyl (C=O) groups is 1. The number of aromatic amines is 1. The largest absolute Gasteiger partial charge is 0.502 e. The molecule has 3 N–H and O–H groups in total. The highest BCUT2D eigenvalue weighted by atomic mass is 16.3. The molecule has 9 nitrogen and oxygen atoms in total. The normalized spacial score (nSPS) is 13.7. The zero-order chi connectivity index (χ0) is 26.9. The molecule has 190 valence electrons. The summed E-state index contributed by atoms with van der Waals surface area (Å²) in [7, 11) is 0. The molecule has 3 aromatic rings. The minimum atomic E-state index is -0.909. The number of benzene rings is 2. The van der Waals surface area contributed by atoms with E-state index < -0.39 is 23.1 Å². The number of aromatic nitrogens is 2. The zero-order valence-electron chi connectivity index (χ0n) is 20.6. The Labute approximate surface area is 220 Å². The molecule has 0 radical (unpaired) electrons. The van der Waals surface area contributed by atoms with Gasteiger partial charge in [-0.25, -0.2) is 4.98 Å². The standard InChI is InChI=1S/C29H26N6O3/c30-12-1-13-32-28(37)25(26-27(36)29(38)34-19-33-26)14-22-8-4-20(5-9-22)2-3-21-6-10-23(11-7-21)16-35-17-24(15-31)18-35/h4-11,19,24-25,36H,1,13-14,16-18H2,(H,32,37)(H,33,34,38). The van der Waals surface area contributed by atoms with Crippen LogP contribution in [0.15, 0.2) is 59.7 Å². The van der Waals surface area contributed by atoms with Crippen LogP contribution in [-0.4, -0.2) is 45.5 Å². The van der Waals surface area contributed by atoms with Gasteiger partial charge in [0.2, 0.25) is 11.7 Å². The van der Waals surface area contributed by atoms with Crippen LogP contribution in [0, 0.1) is 40.4 Å². The van der Waals surface area contributed by atoms with E-state index >= 15 is 0 Å². The van der Waals surface area contributed by atoms with Crippen molar-refractivity contribution in [3.05, 3.63) is 93.2 Å². The van der Waals surface area contributed by atoms with Crippen molar-refractivity contribution in [1.29, 1.82) is 10.5 Å². The Morgan fingerprint density at radius 3 is 2.32 bits per heavy atom. The van der Waals surface area contributed by atoms with Gasteiger partial charge in [0.05, 0.1) is 36.7 Å². The molecule has 1 fully saturated rings. The van der Waals surface area contributed by atoms with Gasteiger partial charge in [0.15, 0.2) is 0 Å². The summed E-state index contributed by atoms with van der Waals surface area (Å²) in [6.45, 7) is 2.63. The highest BCUT2D eigenvalue weighted by Crippen LogP contribution is 2.24. The lowest BCUT2D eigenvalue weighted by Crippen LogP contribution is -2.45. The molecule has 38 heavy (non-hydrogen) atoms. The summed E-state index contributed by atoms with van der Waals surface area (Å²) in [5.41, 5.74) is 2.93. The van der Waals surface area contributed by atoms with Crippen LogP contribution in [0.5, 0.6) is 5.75 Å². The summed E-state index contributed by atoms with van der Waals surface area (Å²) in [6.07, 6.45) is 1.49. The Bertz CT molecular complexity index is 1480. The minimum absolute atomic E-state index is 0.0190. The molecule has 1 aliphatic rings. The lowest BCUT2D eigenvalue weighted by Gasteiger charge is -2.35. The number of nitrogens with zero attached hydrogens (tertiary/aromatic N) is 4. The molecule has 0 spiro atoms. The summed E-state index contributed by atoms with van der Waals surface area (Å²) < 4.78 is 0. The first-order chi connectivity index (χ1) is 18.5. The number of aromatic hydroxyl groups is 1. The number of hydrogen-bond acceptors (Lipinski definition) is 7. The molecule has 2 heterocycles. The zero-order valence-corrected chi connectivity index (χ0v) is 20.6. The van der Waals surface area contributed by atoms with Gasteiger partial charge in [-0.3, -0.25) is 14.5 Å². The van der Waals surface area contributed by atoms with Crippen LogP contribution < -0.4 is 10.9 Å². The lowest BCUT2D eigenvalue weighted by molar-refractivity contribution is -0.122. The first kappa shape index (κ1) is 26.2. The van der Waals surface area contributed by atoms with E-state index in [0.29, 0.717) is 0 Å². The molecule has 1 atom stereocenters. The molecule has 1 saturated heterocycles. The van der Waals surface area contributed by atoms with Crippen molar-refractivity contribution < 1.29 is 9.90 Å². The van der Waals surface area contributed by atoms with E-state index in [0.717, 1.165) is 42.7 Å². The summed E-state index contributed by atoms with van der Waals surface area (Å²) in [6, 6.07) is 19.7. The summed E-state index contributed by atoms with van der Waals surface area (Å²) in [5.74, 6) is 4.50. The third kappa shape index (κ3) is 6.64. The quantitative estimate of drug-likeness (QED) is 0.314. The van der Waals surface area contributed by atoms with Crippen molar-refractivity contribution >= 4 is 5.91 Å². The highest BCUT2D eigenvalue weighted by molar-refractivity contribution is 5.84. The minimum Gasteiger partial charge on any atom is -0.502 e. The molecule has 4 rings (SSSR count). The van der Waals surface area contributed by atoms with Crippen molar-refractivity contribution in [2.45, 2.75) is 25.3 Å². The number of nitriles is 2. The highest BCUT2D eigenvalue weighted by Gasteiger charge is 2.27. The maximum atomic E-state index is 12.8. The number of carbonyl (C=O) groups excluding carboxylic acids is 1. The Hall–Kier alpha value is -4.91. The van der Waals surface area contributed by atoms with E-state index in [4.69, 9.17) is 10.5 Å². The number of hydrogen-bond donors (Lipinski definition) is 3. The second-order valence-corrected chi connectivity index (χ2v) is 9.09. The number of amides is 1. The molecule has 0 saturated carbocycles. The molecule has 1 aromatic heterocycles. The van der Waals surface area contributed by atoms with Crippen LogP contribution in [-0.2, 0) is 17.8 Å². The summed E-state index contributed by atoms with van der Waals surface area (Å²) in [4.78, 5) is 33.3. The van der Waals surface area contributed by atoms with Gasteiger partial charge in [-0.1, -0.05) is 36.1 Å². The fraction of sp³-hybridized carbons (Fsp3) is 0.276.